The van der Waals surface area contributed by atoms with Crippen molar-refractivity contribution in [2.45, 2.75) is 19.8 Å². The number of ether oxygens (including phenoxy) is 1. The molecular weight excluding hydrogens is 146 g/mol. The van der Waals surface area contributed by atoms with Crippen LogP contribution in [0.4, 0.5) is 0 Å². The monoisotopic (exact) mass is 158 g/mol. The van der Waals surface area contributed by atoms with E-state index in [9.17, 15) is 9.59 Å². The molecular formula is C7H12NO3. The van der Waals surface area contributed by atoms with Crippen LogP contribution in [0.3, 0.4) is 0 Å². The second-order valence-electron chi connectivity index (χ2n) is 1.94. The topological polar surface area (TPSA) is 55.4 Å². The van der Waals surface area contributed by atoms with E-state index < -0.39 is 0 Å². The third kappa shape index (κ3) is 6.83. The van der Waals surface area contributed by atoms with Gasteiger partial charge in [0.15, 0.2) is 0 Å². The van der Waals surface area contributed by atoms with Gasteiger partial charge in [-0.25, -0.2) is 0 Å². The molecule has 11 heavy (non-hydrogen) atoms. The molecule has 0 saturated heterocycles. The van der Waals surface area contributed by atoms with Gasteiger partial charge in [-0.15, -0.1) is 0 Å². The number of carbonyl (C=O) groups excluding carboxylic acids is 2. The Morgan fingerprint density at radius 2 is 2.36 bits per heavy atom. The zero-order valence-electron chi connectivity index (χ0n) is 6.55. The molecule has 0 bridgehead atoms. The van der Waals surface area contributed by atoms with Crippen LogP contribution in [0, 0.1) is 0 Å². The van der Waals surface area contributed by atoms with Gasteiger partial charge in [0.25, 0.3) is 0 Å². The molecule has 0 unspecified atom stereocenters. The van der Waals surface area contributed by atoms with E-state index >= 15 is 0 Å². The highest BCUT2D eigenvalue weighted by Crippen LogP contribution is 1.90. The summed E-state index contributed by atoms with van der Waals surface area (Å²) in [6, 6.07) is 0. The Morgan fingerprint density at radius 1 is 1.64 bits per heavy atom. The third-order valence-corrected chi connectivity index (χ3v) is 1.06. The van der Waals surface area contributed by atoms with Crippen LogP contribution < -0.4 is 5.32 Å². The zero-order chi connectivity index (χ0) is 8.53. The van der Waals surface area contributed by atoms with Crippen molar-refractivity contribution in [2.24, 2.45) is 0 Å². The van der Waals surface area contributed by atoms with Gasteiger partial charge in [-0.3, -0.25) is 9.59 Å². The summed E-state index contributed by atoms with van der Waals surface area (Å²) in [5.74, 6) is -0.222. The molecule has 0 aliphatic heterocycles. The van der Waals surface area contributed by atoms with Crippen LogP contribution >= 0.6 is 0 Å². The Morgan fingerprint density at radius 3 is 2.91 bits per heavy atom. The Hall–Kier alpha value is -1.06. The van der Waals surface area contributed by atoms with Crippen molar-refractivity contribution >= 4 is 12.4 Å². The van der Waals surface area contributed by atoms with Crippen molar-refractivity contribution in [3.05, 3.63) is 0 Å². The minimum Gasteiger partial charge on any atom is -0.466 e. The first kappa shape index (κ1) is 9.94. The summed E-state index contributed by atoms with van der Waals surface area (Å²) in [6.07, 6.45) is 2.48. The number of amides is 1. The van der Waals surface area contributed by atoms with Crippen LogP contribution in [0.5, 0.6) is 0 Å². The molecule has 0 rings (SSSR count). The van der Waals surface area contributed by atoms with Crippen molar-refractivity contribution in [1.82, 2.24) is 5.32 Å². The molecule has 1 radical (unpaired) electrons. The molecule has 0 aromatic heterocycles. The normalized spacial score (nSPS) is 8.82. The molecule has 1 amide bonds. The highest BCUT2D eigenvalue weighted by Gasteiger charge is 1.99. The SMILES string of the molecule is CCOC(=O)CCCN[C]=O. The molecule has 0 atom stereocenters. The third-order valence-electron chi connectivity index (χ3n) is 1.06. The van der Waals surface area contributed by atoms with Gasteiger partial charge in [0.1, 0.15) is 0 Å². The highest BCUT2D eigenvalue weighted by molar-refractivity contribution is 5.69. The lowest BCUT2D eigenvalue weighted by Crippen LogP contribution is -2.14. The second kappa shape index (κ2) is 7.05. The molecule has 0 heterocycles. The summed E-state index contributed by atoms with van der Waals surface area (Å²) in [5, 5.41) is 2.33. The lowest BCUT2D eigenvalue weighted by atomic mass is 10.3. The Kier molecular flexibility index (Phi) is 6.37. The van der Waals surface area contributed by atoms with Crippen molar-refractivity contribution < 1.29 is 14.3 Å². The van der Waals surface area contributed by atoms with Gasteiger partial charge in [-0.1, -0.05) is 0 Å². The molecule has 4 heteroatoms. The van der Waals surface area contributed by atoms with Crippen LogP contribution in [0.2, 0.25) is 0 Å². The molecule has 0 aliphatic rings. The molecule has 0 aromatic rings. The van der Waals surface area contributed by atoms with E-state index in [1.807, 2.05) is 0 Å². The molecule has 1 N–H and O–H groups in total. The van der Waals surface area contributed by atoms with Gasteiger partial charge >= 0.3 is 12.4 Å². The van der Waals surface area contributed by atoms with E-state index in [2.05, 4.69) is 10.1 Å². The van der Waals surface area contributed by atoms with Crippen molar-refractivity contribution in [1.29, 1.82) is 0 Å². The maximum Gasteiger partial charge on any atom is 0.309 e. The van der Waals surface area contributed by atoms with Gasteiger partial charge in [-0.05, 0) is 13.3 Å². The van der Waals surface area contributed by atoms with Crippen LogP contribution in [0.25, 0.3) is 0 Å². The average molecular weight is 158 g/mol. The quantitative estimate of drug-likeness (QED) is 0.336. The van der Waals surface area contributed by atoms with E-state index in [-0.39, 0.29) is 5.97 Å². The number of hydrogen-bond donors (Lipinski definition) is 1. The van der Waals surface area contributed by atoms with Crippen LogP contribution in [0.15, 0.2) is 0 Å². The first-order valence-corrected chi connectivity index (χ1v) is 3.57. The smallest absolute Gasteiger partial charge is 0.309 e. The minimum atomic E-state index is -0.222. The Bertz CT molecular complexity index is 125. The van der Waals surface area contributed by atoms with Gasteiger partial charge in [-0.2, -0.15) is 0 Å². The van der Waals surface area contributed by atoms with Gasteiger partial charge in [0.2, 0.25) is 0 Å². The second-order valence-corrected chi connectivity index (χ2v) is 1.94. The summed E-state index contributed by atoms with van der Waals surface area (Å²) in [6.45, 7) is 2.64. The Labute approximate surface area is 65.9 Å². The Balaban J connectivity index is 3.10. The fourth-order valence-electron chi connectivity index (χ4n) is 0.605. The fraction of sp³-hybridized carbons (Fsp3) is 0.714. The summed E-state index contributed by atoms with van der Waals surface area (Å²) >= 11 is 0. The number of hydrogen-bond acceptors (Lipinski definition) is 3. The lowest BCUT2D eigenvalue weighted by molar-refractivity contribution is -0.143. The van der Waals surface area contributed by atoms with Gasteiger partial charge in [0.05, 0.1) is 6.61 Å². The molecule has 0 saturated carbocycles. The van der Waals surface area contributed by atoms with Crippen LogP contribution in [0.1, 0.15) is 19.8 Å². The summed E-state index contributed by atoms with van der Waals surface area (Å²) in [4.78, 5) is 20.3. The molecule has 63 valence electrons. The molecule has 0 aromatic carbocycles. The first-order chi connectivity index (χ1) is 5.31. The minimum absolute atomic E-state index is 0.222. The standard InChI is InChI=1S/C7H12NO3/c1-2-11-7(10)4-3-5-8-6-9/h2-5H2,1H3,(H,8,9). The summed E-state index contributed by atoms with van der Waals surface area (Å²) in [7, 11) is 0. The maximum absolute atomic E-state index is 10.7. The van der Waals surface area contributed by atoms with E-state index in [1.54, 1.807) is 6.92 Å². The van der Waals surface area contributed by atoms with Crippen molar-refractivity contribution in [3.63, 3.8) is 0 Å². The molecule has 0 spiro atoms. The lowest BCUT2D eigenvalue weighted by Gasteiger charge is -1.99. The number of rotatable bonds is 6. The van der Waals surface area contributed by atoms with Crippen molar-refractivity contribution in [3.8, 4) is 0 Å². The van der Waals surface area contributed by atoms with E-state index in [0.29, 0.717) is 26.0 Å². The van der Waals surface area contributed by atoms with Crippen LogP contribution in [-0.4, -0.2) is 25.5 Å². The fourth-order valence-corrected chi connectivity index (χ4v) is 0.605. The summed E-state index contributed by atoms with van der Waals surface area (Å²) < 4.78 is 4.66. The first-order valence-electron chi connectivity index (χ1n) is 3.57. The van der Waals surface area contributed by atoms with E-state index in [4.69, 9.17) is 0 Å². The molecule has 4 nitrogen and oxygen atoms in total. The van der Waals surface area contributed by atoms with Crippen molar-refractivity contribution in [2.75, 3.05) is 13.2 Å². The molecule has 0 fully saturated rings. The van der Waals surface area contributed by atoms with Gasteiger partial charge in [0, 0.05) is 13.0 Å². The van der Waals surface area contributed by atoms with Gasteiger partial charge < -0.3 is 10.1 Å². The zero-order valence-corrected chi connectivity index (χ0v) is 6.55. The predicted molar refractivity (Wildman–Crippen MR) is 39.6 cm³/mol. The maximum atomic E-state index is 10.7. The summed E-state index contributed by atoms with van der Waals surface area (Å²) in [5.41, 5.74) is 0. The van der Waals surface area contributed by atoms with E-state index in [0.717, 1.165) is 0 Å². The molecule has 0 aliphatic carbocycles. The number of carbonyl (C=O) groups is 1. The predicted octanol–water partition coefficient (Wildman–Crippen LogP) is -0.0135. The highest BCUT2D eigenvalue weighted by atomic mass is 16.5. The largest absolute Gasteiger partial charge is 0.466 e. The van der Waals surface area contributed by atoms with Crippen LogP contribution in [-0.2, 0) is 14.3 Å². The number of esters is 1. The number of nitrogens with one attached hydrogen (secondary N) is 1. The van der Waals surface area contributed by atoms with E-state index in [1.165, 1.54) is 6.41 Å². The average Bonchev–Trinajstić information content (AvgIpc) is 1.99.